The van der Waals surface area contributed by atoms with Gasteiger partial charge in [-0.1, -0.05) is 6.07 Å². The summed E-state index contributed by atoms with van der Waals surface area (Å²) in [6, 6.07) is 17.0. The molecule has 0 saturated carbocycles. The summed E-state index contributed by atoms with van der Waals surface area (Å²) in [5.41, 5.74) is 4.66. The predicted octanol–water partition coefficient (Wildman–Crippen LogP) is 5.68. The van der Waals surface area contributed by atoms with Crippen molar-refractivity contribution in [3.63, 3.8) is 0 Å². The first-order chi connectivity index (χ1) is 20.1. The van der Waals surface area contributed by atoms with E-state index < -0.39 is 0 Å². The van der Waals surface area contributed by atoms with Crippen LogP contribution in [-0.4, -0.2) is 67.5 Å². The molecule has 0 bridgehead atoms. The number of carbonyl (C=O) groups is 1. The second-order valence-corrected chi connectivity index (χ2v) is 10.4. The Labute approximate surface area is 238 Å². The summed E-state index contributed by atoms with van der Waals surface area (Å²) in [4.78, 5) is 17.7. The van der Waals surface area contributed by atoms with E-state index in [9.17, 15) is 10.1 Å². The molecule has 0 unspecified atom stereocenters. The summed E-state index contributed by atoms with van der Waals surface area (Å²) in [6.07, 6.45) is 5.45. The number of ether oxygens (including phenoxy) is 3. The molecule has 41 heavy (non-hydrogen) atoms. The van der Waals surface area contributed by atoms with Crippen molar-refractivity contribution in [1.82, 2.24) is 15.0 Å². The number of nitrogens with zero attached hydrogens (tertiary/aromatic N) is 4. The van der Waals surface area contributed by atoms with Gasteiger partial charge in [-0.3, -0.25) is 14.8 Å². The van der Waals surface area contributed by atoms with Gasteiger partial charge in [0.25, 0.3) is 5.91 Å². The van der Waals surface area contributed by atoms with Gasteiger partial charge in [0.15, 0.2) is 5.58 Å². The minimum Gasteiger partial charge on any atom is -0.496 e. The second-order valence-electron chi connectivity index (χ2n) is 10.4. The van der Waals surface area contributed by atoms with Crippen LogP contribution in [0.4, 0.5) is 0 Å². The maximum Gasteiger partial charge on any atom is 0.268 e. The Bertz CT molecular complexity index is 1620. The van der Waals surface area contributed by atoms with Crippen molar-refractivity contribution in [2.24, 2.45) is 0 Å². The van der Waals surface area contributed by atoms with Crippen molar-refractivity contribution in [2.45, 2.75) is 31.8 Å². The standard InChI is InChI=1S/C32H32N4O5/c1-35-13-3-4-14-36(35)32(37)22-5-7-26(29(18-22)38-2)30-19-27-31(41-30)25(9-12-34-27)21-6-8-28(23(17-21)20-33)40-24-10-15-39-16-11-24/h5-9,12,17-19,24H,3-4,10-11,13-16H2,1-2H3. The number of rotatable bonds is 6. The van der Waals surface area contributed by atoms with E-state index in [0.29, 0.717) is 59.2 Å². The first kappa shape index (κ1) is 26.8. The highest BCUT2D eigenvalue weighted by Gasteiger charge is 2.25. The van der Waals surface area contributed by atoms with E-state index in [1.807, 2.05) is 48.5 Å². The smallest absolute Gasteiger partial charge is 0.268 e. The molecule has 6 rings (SSSR count). The van der Waals surface area contributed by atoms with Gasteiger partial charge in [0, 0.05) is 56.4 Å². The summed E-state index contributed by atoms with van der Waals surface area (Å²) in [5, 5.41) is 13.6. The largest absolute Gasteiger partial charge is 0.496 e. The molecule has 2 aliphatic heterocycles. The van der Waals surface area contributed by atoms with Crippen LogP contribution in [0.25, 0.3) is 33.6 Å². The lowest BCUT2D eigenvalue weighted by molar-refractivity contribution is -0.0113. The number of fused-ring (bicyclic) bond motifs is 1. The van der Waals surface area contributed by atoms with Gasteiger partial charge in [-0.25, -0.2) is 5.01 Å². The third kappa shape index (κ3) is 5.36. The molecule has 4 aromatic rings. The van der Waals surface area contributed by atoms with E-state index in [0.717, 1.165) is 48.9 Å². The summed E-state index contributed by atoms with van der Waals surface area (Å²) < 4.78 is 23.6. The monoisotopic (exact) mass is 552 g/mol. The highest BCUT2D eigenvalue weighted by Crippen LogP contribution is 2.38. The van der Waals surface area contributed by atoms with Crippen molar-refractivity contribution in [3.8, 4) is 40.0 Å². The average Bonchev–Trinajstić information content (AvgIpc) is 3.46. The van der Waals surface area contributed by atoms with Crippen LogP contribution >= 0.6 is 0 Å². The lowest BCUT2D eigenvalue weighted by Crippen LogP contribution is -2.48. The molecule has 0 N–H and O–H groups in total. The van der Waals surface area contributed by atoms with Crippen molar-refractivity contribution >= 4 is 17.0 Å². The van der Waals surface area contributed by atoms with Crippen molar-refractivity contribution in [3.05, 3.63) is 65.9 Å². The number of methoxy groups -OCH3 is 1. The first-order valence-corrected chi connectivity index (χ1v) is 13.9. The lowest BCUT2D eigenvalue weighted by atomic mass is 10.0. The van der Waals surface area contributed by atoms with Crippen LogP contribution in [0.3, 0.4) is 0 Å². The number of amides is 1. The summed E-state index contributed by atoms with van der Waals surface area (Å²) >= 11 is 0. The molecule has 2 fully saturated rings. The van der Waals surface area contributed by atoms with Gasteiger partial charge in [-0.2, -0.15) is 5.26 Å². The molecule has 2 aromatic heterocycles. The Morgan fingerprint density at radius 2 is 1.85 bits per heavy atom. The van der Waals surface area contributed by atoms with Gasteiger partial charge in [0.2, 0.25) is 0 Å². The van der Waals surface area contributed by atoms with Gasteiger partial charge in [-0.15, -0.1) is 0 Å². The van der Waals surface area contributed by atoms with Crippen molar-refractivity contribution < 1.29 is 23.4 Å². The molecule has 9 nitrogen and oxygen atoms in total. The molecule has 210 valence electrons. The molecule has 2 saturated heterocycles. The van der Waals surface area contributed by atoms with Crippen LogP contribution in [0.5, 0.6) is 11.5 Å². The summed E-state index contributed by atoms with van der Waals surface area (Å²) in [5.74, 6) is 1.63. The van der Waals surface area contributed by atoms with E-state index in [1.54, 1.807) is 30.4 Å². The Hall–Kier alpha value is -4.39. The van der Waals surface area contributed by atoms with E-state index in [2.05, 4.69) is 11.1 Å². The van der Waals surface area contributed by atoms with Gasteiger partial charge in [0.1, 0.15) is 34.9 Å². The Kier molecular flexibility index (Phi) is 7.59. The van der Waals surface area contributed by atoms with Gasteiger partial charge < -0.3 is 18.6 Å². The molecule has 0 aliphatic carbocycles. The third-order valence-electron chi connectivity index (χ3n) is 7.75. The number of nitriles is 1. The molecule has 0 atom stereocenters. The molecule has 2 aromatic carbocycles. The van der Waals surface area contributed by atoms with Crippen LogP contribution in [0, 0.1) is 11.3 Å². The first-order valence-electron chi connectivity index (χ1n) is 13.9. The molecule has 4 heterocycles. The van der Waals surface area contributed by atoms with Crippen LogP contribution in [0.2, 0.25) is 0 Å². The minimum absolute atomic E-state index is 0.0411. The summed E-state index contributed by atoms with van der Waals surface area (Å²) in [6.45, 7) is 2.89. The fourth-order valence-electron chi connectivity index (χ4n) is 5.49. The van der Waals surface area contributed by atoms with Crippen LogP contribution in [0.15, 0.2) is 59.1 Å². The average molecular weight is 553 g/mol. The van der Waals surface area contributed by atoms with Crippen LogP contribution in [-0.2, 0) is 4.74 Å². The highest BCUT2D eigenvalue weighted by atomic mass is 16.5. The van der Waals surface area contributed by atoms with Gasteiger partial charge >= 0.3 is 0 Å². The second kappa shape index (κ2) is 11.6. The third-order valence-corrected chi connectivity index (χ3v) is 7.75. The lowest BCUT2D eigenvalue weighted by Gasteiger charge is -2.36. The van der Waals surface area contributed by atoms with Crippen LogP contribution in [0.1, 0.15) is 41.6 Å². The Morgan fingerprint density at radius 1 is 1.02 bits per heavy atom. The Balaban J connectivity index is 1.31. The topological polar surface area (TPSA) is 101 Å². The molecule has 0 spiro atoms. The molecule has 2 aliphatic rings. The van der Waals surface area contributed by atoms with Gasteiger partial charge in [0.05, 0.1) is 31.5 Å². The maximum absolute atomic E-state index is 13.2. The number of aromatic nitrogens is 1. The quantitative estimate of drug-likeness (QED) is 0.301. The Morgan fingerprint density at radius 3 is 2.63 bits per heavy atom. The predicted molar refractivity (Wildman–Crippen MR) is 154 cm³/mol. The molecule has 9 heteroatoms. The van der Waals surface area contributed by atoms with Crippen molar-refractivity contribution in [1.29, 1.82) is 5.26 Å². The molecule has 1 amide bonds. The number of hydrazine groups is 1. The number of pyridine rings is 1. The number of hydrogen-bond acceptors (Lipinski definition) is 8. The maximum atomic E-state index is 13.2. The van der Waals surface area contributed by atoms with E-state index >= 15 is 0 Å². The van der Waals surface area contributed by atoms with E-state index in [-0.39, 0.29) is 12.0 Å². The summed E-state index contributed by atoms with van der Waals surface area (Å²) in [7, 11) is 3.52. The normalized spacial score (nSPS) is 16.5. The van der Waals surface area contributed by atoms with E-state index in [1.165, 1.54) is 0 Å². The fourth-order valence-corrected chi connectivity index (χ4v) is 5.49. The van der Waals surface area contributed by atoms with Crippen molar-refractivity contribution in [2.75, 3.05) is 40.5 Å². The molecular formula is C32H32N4O5. The van der Waals surface area contributed by atoms with E-state index in [4.69, 9.17) is 18.6 Å². The molecule has 0 radical (unpaired) electrons. The number of furan rings is 1. The zero-order valence-electron chi connectivity index (χ0n) is 23.3. The number of benzene rings is 2. The number of carbonyl (C=O) groups excluding carboxylic acids is 1. The van der Waals surface area contributed by atoms with Gasteiger partial charge in [-0.05, 0) is 54.8 Å². The minimum atomic E-state index is -0.0526. The van der Waals surface area contributed by atoms with Crippen LogP contribution < -0.4 is 9.47 Å². The zero-order valence-corrected chi connectivity index (χ0v) is 23.3. The fraction of sp³-hybridized carbons (Fsp3) is 0.344. The number of hydrogen-bond donors (Lipinski definition) is 0. The zero-order chi connectivity index (χ0) is 28.3. The molecular weight excluding hydrogens is 520 g/mol. The SMILES string of the molecule is COc1cc(C(=O)N2CCCCN2C)ccc1-c1cc2nccc(-c3ccc(OC4CCOCC4)c(C#N)c3)c2o1. The highest BCUT2D eigenvalue weighted by molar-refractivity contribution is 5.96.